The first-order valence-electron chi connectivity index (χ1n) is 5.41. The van der Waals surface area contributed by atoms with Crippen molar-refractivity contribution in [1.29, 1.82) is 0 Å². The third-order valence-corrected chi connectivity index (χ3v) is 2.21. The molecule has 0 aliphatic carbocycles. The molecule has 0 radical (unpaired) electrons. The van der Waals surface area contributed by atoms with Crippen LogP contribution in [-0.2, 0) is 9.59 Å². The van der Waals surface area contributed by atoms with Gasteiger partial charge in [-0.1, -0.05) is 11.6 Å². The number of aryl methyl sites for hydroxylation is 1. The zero-order chi connectivity index (χ0) is 15.9. The van der Waals surface area contributed by atoms with E-state index < -0.39 is 11.9 Å². The quantitative estimate of drug-likeness (QED) is 0.637. The molecule has 8 heteroatoms. The molecular formula is C12H15ClN2O5. The van der Waals surface area contributed by atoms with Crippen LogP contribution in [0.4, 0.5) is 0 Å². The van der Waals surface area contributed by atoms with Crippen molar-refractivity contribution in [2.75, 3.05) is 7.11 Å². The second-order valence-corrected chi connectivity index (χ2v) is 4.13. The summed E-state index contributed by atoms with van der Waals surface area (Å²) in [4.78, 5) is 34.3. The second kappa shape index (κ2) is 8.11. The number of hydrogen-bond acceptors (Lipinski definition) is 5. The highest BCUT2D eigenvalue weighted by molar-refractivity contribution is 6.33. The average molecular weight is 303 g/mol. The molecule has 1 rings (SSSR count). The zero-order valence-corrected chi connectivity index (χ0v) is 12.0. The van der Waals surface area contributed by atoms with Gasteiger partial charge >= 0.3 is 5.97 Å². The lowest BCUT2D eigenvalue weighted by atomic mass is 10.2. The molecule has 0 aliphatic rings. The van der Waals surface area contributed by atoms with Crippen LogP contribution in [-0.4, -0.2) is 34.9 Å². The molecule has 0 atom stereocenters. The largest absolute Gasteiger partial charge is 0.496 e. The van der Waals surface area contributed by atoms with Gasteiger partial charge in [-0.2, -0.15) is 0 Å². The molecule has 0 unspecified atom stereocenters. The third kappa shape index (κ3) is 6.14. The molecular weight excluding hydrogens is 288 g/mol. The zero-order valence-electron chi connectivity index (χ0n) is 11.3. The minimum atomic E-state index is -1.06. The Morgan fingerprint density at radius 1 is 1.45 bits per heavy atom. The molecule has 110 valence electrons. The van der Waals surface area contributed by atoms with Crippen LogP contribution in [0.5, 0.6) is 5.75 Å². The lowest BCUT2D eigenvalue weighted by Gasteiger charge is -2.07. The molecule has 0 fully saturated rings. The highest BCUT2D eigenvalue weighted by Gasteiger charge is 2.15. The minimum Gasteiger partial charge on any atom is -0.496 e. The van der Waals surface area contributed by atoms with Gasteiger partial charge in [0.1, 0.15) is 28.7 Å². The molecule has 0 bridgehead atoms. The number of carbonyl (C=O) groups is 3. The first kappa shape index (κ1) is 17.8. The van der Waals surface area contributed by atoms with E-state index in [4.69, 9.17) is 27.2 Å². The number of methoxy groups -OCH3 is 1. The topological polar surface area (TPSA) is 120 Å². The highest BCUT2D eigenvalue weighted by atomic mass is 35.5. The molecule has 1 aromatic heterocycles. The summed E-state index contributed by atoms with van der Waals surface area (Å²) >= 11 is 5.72. The molecule has 7 nitrogen and oxygen atoms in total. The Balaban J connectivity index is 0.000000441. The Bertz CT molecular complexity index is 519. The Morgan fingerprint density at radius 2 is 2.00 bits per heavy atom. The fraction of sp³-hybridized carbons (Fsp3) is 0.333. The van der Waals surface area contributed by atoms with Crippen LogP contribution in [0.25, 0.3) is 0 Å². The van der Waals surface area contributed by atoms with E-state index in [0.717, 1.165) is 0 Å². The molecule has 0 saturated heterocycles. The number of hydrogen-bond donors (Lipinski definition) is 2. The van der Waals surface area contributed by atoms with Crippen molar-refractivity contribution in [1.82, 2.24) is 4.98 Å². The van der Waals surface area contributed by atoms with Gasteiger partial charge in [0.15, 0.2) is 0 Å². The maximum Gasteiger partial charge on any atom is 0.310 e. The Kier molecular flexibility index (Phi) is 7.24. The van der Waals surface area contributed by atoms with Gasteiger partial charge < -0.3 is 15.6 Å². The number of primary amides is 1. The average Bonchev–Trinajstić information content (AvgIpc) is 2.25. The molecule has 0 saturated carbocycles. The Labute approximate surface area is 120 Å². The number of aromatic nitrogens is 1. The molecule has 20 heavy (non-hydrogen) atoms. The molecule has 1 amide bonds. The maximum absolute atomic E-state index is 10.9. The number of Topliss-reactive ketones (excluding diaryl/α,β-unsaturated/α-hetero) is 1. The first-order chi connectivity index (χ1) is 9.18. The number of carboxylic acids is 1. The van der Waals surface area contributed by atoms with E-state index in [1.807, 2.05) is 0 Å². The van der Waals surface area contributed by atoms with Gasteiger partial charge in [0, 0.05) is 11.8 Å². The van der Waals surface area contributed by atoms with E-state index in [1.165, 1.54) is 14.0 Å². The van der Waals surface area contributed by atoms with Gasteiger partial charge in [0.2, 0.25) is 0 Å². The number of rotatable bonds is 4. The van der Waals surface area contributed by atoms with Crippen molar-refractivity contribution in [3.8, 4) is 5.75 Å². The summed E-state index contributed by atoms with van der Waals surface area (Å²) < 4.78 is 4.94. The van der Waals surface area contributed by atoms with Crippen LogP contribution in [0.2, 0.25) is 5.15 Å². The number of amides is 1. The number of ether oxygens (including phenoxy) is 1. The molecule has 0 aromatic carbocycles. The number of ketones is 1. The second-order valence-electron chi connectivity index (χ2n) is 3.77. The van der Waals surface area contributed by atoms with Crippen LogP contribution in [0.15, 0.2) is 6.07 Å². The Morgan fingerprint density at radius 3 is 2.30 bits per heavy atom. The number of pyridine rings is 1. The summed E-state index contributed by atoms with van der Waals surface area (Å²) in [6, 6.07) is 1.60. The smallest absolute Gasteiger partial charge is 0.310 e. The van der Waals surface area contributed by atoms with Crippen LogP contribution >= 0.6 is 11.6 Å². The van der Waals surface area contributed by atoms with Crippen molar-refractivity contribution in [3.63, 3.8) is 0 Å². The van der Waals surface area contributed by atoms with Gasteiger partial charge in [-0.15, -0.1) is 0 Å². The SMILES string of the molecule is CC(=O)CC(=O)O.COc1cc(C)nc(Cl)c1C(N)=O. The van der Waals surface area contributed by atoms with E-state index in [-0.39, 0.29) is 22.9 Å². The van der Waals surface area contributed by atoms with Crippen LogP contribution < -0.4 is 10.5 Å². The summed E-state index contributed by atoms with van der Waals surface area (Å²) in [5, 5.41) is 7.94. The number of carbonyl (C=O) groups excluding carboxylic acids is 2. The van der Waals surface area contributed by atoms with Crippen molar-refractivity contribution in [2.24, 2.45) is 5.73 Å². The number of nitrogens with two attached hydrogens (primary N) is 1. The predicted molar refractivity (Wildman–Crippen MR) is 72.0 cm³/mol. The fourth-order valence-electron chi connectivity index (χ4n) is 1.20. The van der Waals surface area contributed by atoms with E-state index in [2.05, 4.69) is 4.98 Å². The van der Waals surface area contributed by atoms with Crippen molar-refractivity contribution in [2.45, 2.75) is 20.3 Å². The summed E-state index contributed by atoms with van der Waals surface area (Å²) in [5.74, 6) is -1.67. The monoisotopic (exact) mass is 302 g/mol. The normalized spacial score (nSPS) is 9.20. The van der Waals surface area contributed by atoms with Crippen LogP contribution in [0.3, 0.4) is 0 Å². The highest BCUT2D eigenvalue weighted by Crippen LogP contribution is 2.24. The molecule has 1 aromatic rings. The van der Waals surface area contributed by atoms with Gasteiger partial charge in [0.05, 0.1) is 7.11 Å². The van der Waals surface area contributed by atoms with E-state index in [9.17, 15) is 14.4 Å². The Hall–Kier alpha value is -2.15. The summed E-state index contributed by atoms with van der Waals surface area (Å²) in [5.41, 5.74) is 5.89. The lowest BCUT2D eigenvalue weighted by Crippen LogP contribution is -2.14. The van der Waals surface area contributed by atoms with Gasteiger partial charge in [-0.25, -0.2) is 4.98 Å². The summed E-state index contributed by atoms with van der Waals surface area (Å²) in [6.45, 7) is 2.99. The number of aliphatic carboxylic acids is 1. The van der Waals surface area contributed by atoms with Crippen LogP contribution in [0, 0.1) is 6.92 Å². The van der Waals surface area contributed by atoms with E-state index in [0.29, 0.717) is 11.4 Å². The molecule has 1 heterocycles. The number of nitrogens with zero attached hydrogens (tertiary/aromatic N) is 1. The van der Waals surface area contributed by atoms with Gasteiger partial charge in [-0.05, 0) is 13.8 Å². The maximum atomic E-state index is 10.9. The molecule has 0 aliphatic heterocycles. The summed E-state index contributed by atoms with van der Waals surface area (Å²) in [7, 11) is 1.44. The van der Waals surface area contributed by atoms with Gasteiger partial charge in [0.25, 0.3) is 5.91 Å². The number of carboxylic acid groups (broad SMARTS) is 1. The third-order valence-electron chi connectivity index (χ3n) is 1.93. The predicted octanol–water partition coefficient (Wildman–Crippen LogP) is 1.20. The van der Waals surface area contributed by atoms with E-state index in [1.54, 1.807) is 13.0 Å². The van der Waals surface area contributed by atoms with Gasteiger partial charge in [-0.3, -0.25) is 14.4 Å². The number of halogens is 1. The summed E-state index contributed by atoms with van der Waals surface area (Å²) in [6.07, 6.45) is -0.361. The fourth-order valence-corrected chi connectivity index (χ4v) is 1.52. The first-order valence-corrected chi connectivity index (χ1v) is 5.79. The van der Waals surface area contributed by atoms with Crippen LogP contribution in [0.1, 0.15) is 29.4 Å². The minimum absolute atomic E-state index is 0.0735. The molecule has 3 N–H and O–H groups in total. The standard InChI is InChI=1S/C8H9ClN2O2.C4H6O3/c1-4-3-5(13-2)6(8(10)12)7(9)11-4;1-3(5)2-4(6)7/h3H,1-2H3,(H2,10,12);2H2,1H3,(H,6,7). The lowest BCUT2D eigenvalue weighted by molar-refractivity contribution is -0.139. The molecule has 0 spiro atoms. The van der Waals surface area contributed by atoms with Crippen molar-refractivity contribution >= 4 is 29.3 Å². The van der Waals surface area contributed by atoms with Crippen molar-refractivity contribution in [3.05, 3.63) is 22.5 Å². The van der Waals surface area contributed by atoms with E-state index >= 15 is 0 Å². The van der Waals surface area contributed by atoms with Crippen molar-refractivity contribution < 1.29 is 24.2 Å².